The van der Waals surface area contributed by atoms with Gasteiger partial charge in [0.05, 0.1) is 5.60 Å². The number of rotatable bonds is 5. The molecule has 0 radical (unpaired) electrons. The van der Waals surface area contributed by atoms with Gasteiger partial charge in [0.25, 0.3) is 0 Å². The minimum Gasteiger partial charge on any atom is -0.377 e. The van der Waals surface area contributed by atoms with Crippen molar-refractivity contribution in [2.24, 2.45) is 0 Å². The Balaban J connectivity index is 1.99. The Morgan fingerprint density at radius 1 is 1.40 bits per heavy atom. The highest BCUT2D eigenvalue weighted by Gasteiger charge is 2.31. The van der Waals surface area contributed by atoms with E-state index in [4.69, 9.17) is 4.74 Å². The van der Waals surface area contributed by atoms with Crippen LogP contribution < -0.4 is 10.2 Å². The molecule has 0 saturated carbocycles. The van der Waals surface area contributed by atoms with E-state index in [1.807, 2.05) is 12.4 Å². The maximum absolute atomic E-state index is 5.61. The lowest BCUT2D eigenvalue weighted by atomic mass is 9.95. The molecular formula is C15H26N4O. The van der Waals surface area contributed by atoms with Gasteiger partial charge in [0.15, 0.2) is 0 Å². The highest BCUT2D eigenvalue weighted by Crippen LogP contribution is 2.25. The Labute approximate surface area is 121 Å². The summed E-state index contributed by atoms with van der Waals surface area (Å²) in [6.07, 6.45) is 6.04. The van der Waals surface area contributed by atoms with E-state index in [0.717, 1.165) is 44.0 Å². The van der Waals surface area contributed by atoms with Gasteiger partial charge in [0.1, 0.15) is 0 Å². The van der Waals surface area contributed by atoms with Crippen molar-refractivity contribution < 1.29 is 4.74 Å². The molecule has 5 heteroatoms. The van der Waals surface area contributed by atoms with Gasteiger partial charge >= 0.3 is 0 Å². The molecule has 1 N–H and O–H groups in total. The number of ether oxygens (including phenoxy) is 1. The molecule has 1 saturated heterocycles. The Bertz CT molecular complexity index is 420. The number of anilines is 1. The summed E-state index contributed by atoms with van der Waals surface area (Å²) in [5, 5.41) is 3.37. The lowest BCUT2D eigenvalue weighted by molar-refractivity contribution is -0.00499. The quantitative estimate of drug-likeness (QED) is 0.892. The Hall–Kier alpha value is -1.20. The minimum absolute atomic E-state index is 0.0838. The fraction of sp³-hybridized carbons (Fsp3) is 0.733. The number of nitrogens with zero attached hydrogens (tertiary/aromatic N) is 3. The Kier molecular flexibility index (Phi) is 4.94. The van der Waals surface area contributed by atoms with E-state index in [2.05, 4.69) is 41.0 Å². The summed E-state index contributed by atoms with van der Waals surface area (Å²) >= 11 is 0. The molecule has 1 atom stereocenters. The lowest BCUT2D eigenvalue weighted by Crippen LogP contribution is -2.48. The summed E-state index contributed by atoms with van der Waals surface area (Å²) in [6, 6.07) is 0.471. The third-order valence-corrected chi connectivity index (χ3v) is 3.84. The van der Waals surface area contributed by atoms with E-state index in [1.54, 1.807) is 7.11 Å². The topological polar surface area (TPSA) is 50.3 Å². The third kappa shape index (κ3) is 3.90. The van der Waals surface area contributed by atoms with Gasteiger partial charge in [-0.15, -0.1) is 0 Å². The average Bonchev–Trinajstić information content (AvgIpc) is 2.46. The molecule has 1 unspecified atom stereocenters. The van der Waals surface area contributed by atoms with Gasteiger partial charge in [0.2, 0.25) is 5.95 Å². The lowest BCUT2D eigenvalue weighted by Gasteiger charge is -2.39. The van der Waals surface area contributed by atoms with Crippen LogP contribution in [-0.2, 0) is 11.3 Å². The van der Waals surface area contributed by atoms with Crippen LogP contribution in [-0.4, -0.2) is 41.8 Å². The van der Waals surface area contributed by atoms with Crippen molar-refractivity contribution in [3.8, 4) is 0 Å². The molecule has 1 aliphatic rings. The van der Waals surface area contributed by atoms with Crippen LogP contribution in [0.15, 0.2) is 12.4 Å². The van der Waals surface area contributed by atoms with Crippen molar-refractivity contribution in [1.29, 1.82) is 0 Å². The number of nitrogens with one attached hydrogen (secondary N) is 1. The highest BCUT2D eigenvalue weighted by molar-refractivity contribution is 5.31. The molecule has 1 aromatic rings. The molecule has 112 valence electrons. The van der Waals surface area contributed by atoms with Crippen molar-refractivity contribution in [3.05, 3.63) is 18.0 Å². The maximum atomic E-state index is 5.61. The van der Waals surface area contributed by atoms with E-state index in [9.17, 15) is 0 Å². The molecule has 2 rings (SSSR count). The standard InChI is InChI=1S/C15H26N4O/c1-12(2)16-8-13-9-17-14(18-10-13)19-7-5-6-15(3,11-19)20-4/h9-10,12,16H,5-8,11H2,1-4H3. The van der Waals surface area contributed by atoms with Crippen LogP contribution in [0.3, 0.4) is 0 Å². The van der Waals surface area contributed by atoms with Gasteiger partial charge in [-0.05, 0) is 19.8 Å². The van der Waals surface area contributed by atoms with Gasteiger partial charge in [0, 0.05) is 50.7 Å². The first kappa shape index (κ1) is 15.2. The van der Waals surface area contributed by atoms with Crippen molar-refractivity contribution in [1.82, 2.24) is 15.3 Å². The second kappa shape index (κ2) is 6.50. The number of methoxy groups -OCH3 is 1. The van der Waals surface area contributed by atoms with Crippen molar-refractivity contribution in [2.45, 2.75) is 51.8 Å². The summed E-state index contributed by atoms with van der Waals surface area (Å²) in [5.41, 5.74) is 1.04. The van der Waals surface area contributed by atoms with Crippen LogP contribution >= 0.6 is 0 Å². The molecule has 2 heterocycles. The van der Waals surface area contributed by atoms with E-state index < -0.39 is 0 Å². The highest BCUT2D eigenvalue weighted by atomic mass is 16.5. The monoisotopic (exact) mass is 278 g/mol. The molecule has 0 amide bonds. The van der Waals surface area contributed by atoms with E-state index in [1.165, 1.54) is 0 Å². The normalized spacial score (nSPS) is 23.4. The second-order valence-electron chi connectivity index (χ2n) is 6.11. The van der Waals surface area contributed by atoms with Gasteiger partial charge in [-0.2, -0.15) is 0 Å². The second-order valence-corrected chi connectivity index (χ2v) is 6.11. The Morgan fingerprint density at radius 2 is 2.10 bits per heavy atom. The largest absolute Gasteiger partial charge is 0.377 e. The number of piperidine rings is 1. The first-order chi connectivity index (χ1) is 9.52. The van der Waals surface area contributed by atoms with Gasteiger partial charge in [-0.3, -0.25) is 0 Å². The zero-order valence-corrected chi connectivity index (χ0v) is 13.0. The molecule has 0 spiro atoms. The SMILES string of the molecule is COC1(C)CCCN(c2ncc(CNC(C)C)cn2)C1. The molecule has 1 aromatic heterocycles. The first-order valence-corrected chi connectivity index (χ1v) is 7.37. The molecule has 5 nitrogen and oxygen atoms in total. The van der Waals surface area contributed by atoms with Crippen molar-refractivity contribution >= 4 is 5.95 Å². The zero-order valence-electron chi connectivity index (χ0n) is 13.0. The van der Waals surface area contributed by atoms with Crippen molar-refractivity contribution in [2.75, 3.05) is 25.1 Å². The molecule has 0 bridgehead atoms. The van der Waals surface area contributed by atoms with E-state index in [-0.39, 0.29) is 5.60 Å². The molecular weight excluding hydrogens is 252 g/mol. The summed E-state index contributed by atoms with van der Waals surface area (Å²) in [6.45, 7) is 9.09. The minimum atomic E-state index is -0.0838. The number of hydrogen-bond donors (Lipinski definition) is 1. The fourth-order valence-corrected chi connectivity index (χ4v) is 2.47. The summed E-state index contributed by atoms with van der Waals surface area (Å²) in [5.74, 6) is 0.807. The molecule has 0 aromatic carbocycles. The number of aromatic nitrogens is 2. The predicted octanol–water partition coefficient (Wildman–Crippen LogP) is 1.98. The number of hydrogen-bond acceptors (Lipinski definition) is 5. The summed E-state index contributed by atoms with van der Waals surface area (Å²) < 4.78 is 5.61. The molecule has 20 heavy (non-hydrogen) atoms. The Morgan fingerprint density at radius 3 is 2.70 bits per heavy atom. The van der Waals surface area contributed by atoms with Crippen LogP contribution in [0, 0.1) is 0 Å². The molecule has 1 aliphatic heterocycles. The van der Waals surface area contributed by atoms with Crippen LogP contribution in [0.5, 0.6) is 0 Å². The molecule has 0 aliphatic carbocycles. The van der Waals surface area contributed by atoms with Crippen LogP contribution in [0.2, 0.25) is 0 Å². The summed E-state index contributed by atoms with van der Waals surface area (Å²) in [4.78, 5) is 11.2. The average molecular weight is 278 g/mol. The predicted molar refractivity (Wildman–Crippen MR) is 80.9 cm³/mol. The van der Waals surface area contributed by atoms with Crippen LogP contribution in [0.25, 0.3) is 0 Å². The smallest absolute Gasteiger partial charge is 0.225 e. The van der Waals surface area contributed by atoms with Gasteiger partial charge in [-0.25, -0.2) is 9.97 Å². The summed E-state index contributed by atoms with van der Waals surface area (Å²) in [7, 11) is 1.78. The van der Waals surface area contributed by atoms with Gasteiger partial charge in [-0.1, -0.05) is 13.8 Å². The zero-order chi connectivity index (χ0) is 14.6. The maximum Gasteiger partial charge on any atom is 0.225 e. The first-order valence-electron chi connectivity index (χ1n) is 7.37. The van der Waals surface area contributed by atoms with Crippen molar-refractivity contribution in [3.63, 3.8) is 0 Å². The third-order valence-electron chi connectivity index (χ3n) is 3.84. The van der Waals surface area contributed by atoms with Crippen LogP contribution in [0.4, 0.5) is 5.95 Å². The fourth-order valence-electron chi connectivity index (χ4n) is 2.47. The van der Waals surface area contributed by atoms with E-state index >= 15 is 0 Å². The van der Waals surface area contributed by atoms with E-state index in [0.29, 0.717) is 6.04 Å². The molecule has 1 fully saturated rings. The van der Waals surface area contributed by atoms with Gasteiger partial charge < -0.3 is 15.0 Å². The van der Waals surface area contributed by atoms with Crippen LogP contribution in [0.1, 0.15) is 39.2 Å².